The molecule has 1 aromatic heterocycles. The van der Waals surface area contributed by atoms with Crippen molar-refractivity contribution in [3.63, 3.8) is 0 Å². The number of hydrogen-bond acceptors (Lipinski definition) is 2. The van der Waals surface area contributed by atoms with Crippen molar-refractivity contribution in [3.05, 3.63) is 29.6 Å². The SMILES string of the molecule is CC(=O)Cc1ccc2nc(C(C)(C)C)n(C)c2c1. The summed E-state index contributed by atoms with van der Waals surface area (Å²) < 4.78 is 2.12. The molecule has 0 unspecified atom stereocenters. The molecule has 0 spiro atoms. The van der Waals surface area contributed by atoms with Gasteiger partial charge in [0.05, 0.1) is 11.0 Å². The zero-order chi connectivity index (χ0) is 13.5. The fourth-order valence-corrected chi connectivity index (χ4v) is 2.30. The molecule has 0 atom stereocenters. The average Bonchev–Trinajstić information content (AvgIpc) is 2.55. The number of carbonyl (C=O) groups excluding carboxylic acids is 1. The van der Waals surface area contributed by atoms with Gasteiger partial charge >= 0.3 is 0 Å². The lowest BCUT2D eigenvalue weighted by Gasteiger charge is -2.17. The van der Waals surface area contributed by atoms with Crippen molar-refractivity contribution in [2.24, 2.45) is 7.05 Å². The highest BCUT2D eigenvalue weighted by Gasteiger charge is 2.21. The molecule has 18 heavy (non-hydrogen) atoms. The molecule has 0 aliphatic heterocycles. The number of aromatic nitrogens is 2. The van der Waals surface area contributed by atoms with Crippen LogP contribution in [0.5, 0.6) is 0 Å². The largest absolute Gasteiger partial charge is 0.331 e. The number of rotatable bonds is 2. The predicted molar refractivity (Wildman–Crippen MR) is 73.8 cm³/mol. The number of aryl methyl sites for hydroxylation is 1. The molecule has 2 rings (SSSR count). The number of ketones is 1. The highest BCUT2D eigenvalue weighted by molar-refractivity contribution is 5.82. The minimum atomic E-state index is 0.0223. The fraction of sp³-hybridized carbons (Fsp3) is 0.467. The Balaban J connectivity index is 2.57. The normalized spacial score (nSPS) is 12.1. The molecular weight excluding hydrogens is 224 g/mol. The third-order valence-electron chi connectivity index (χ3n) is 3.07. The second kappa shape index (κ2) is 4.23. The van der Waals surface area contributed by atoms with Gasteiger partial charge in [-0.2, -0.15) is 0 Å². The maximum atomic E-state index is 11.2. The molecule has 0 saturated heterocycles. The molecule has 96 valence electrons. The zero-order valence-electron chi connectivity index (χ0n) is 11.7. The van der Waals surface area contributed by atoms with Gasteiger partial charge in [0.15, 0.2) is 0 Å². The van der Waals surface area contributed by atoms with Crippen LogP contribution < -0.4 is 0 Å². The summed E-state index contributed by atoms with van der Waals surface area (Å²) in [6.45, 7) is 8.09. The van der Waals surface area contributed by atoms with Gasteiger partial charge in [-0.3, -0.25) is 4.79 Å². The molecular formula is C15H20N2O. The first kappa shape index (κ1) is 12.8. The molecule has 2 aromatic rings. The highest BCUT2D eigenvalue weighted by Crippen LogP contribution is 2.25. The fourth-order valence-electron chi connectivity index (χ4n) is 2.30. The molecule has 0 fully saturated rings. The summed E-state index contributed by atoms with van der Waals surface area (Å²) in [6.07, 6.45) is 0.492. The quantitative estimate of drug-likeness (QED) is 0.814. The minimum Gasteiger partial charge on any atom is -0.331 e. The Labute approximate surface area is 108 Å². The Kier molecular flexibility index (Phi) is 3.01. The minimum absolute atomic E-state index is 0.0223. The Morgan fingerprint density at radius 1 is 1.33 bits per heavy atom. The van der Waals surface area contributed by atoms with Crippen LogP contribution in [0.2, 0.25) is 0 Å². The summed E-state index contributed by atoms with van der Waals surface area (Å²) in [7, 11) is 2.04. The van der Waals surface area contributed by atoms with Crippen molar-refractivity contribution in [2.45, 2.75) is 39.5 Å². The van der Waals surface area contributed by atoms with Crippen molar-refractivity contribution >= 4 is 16.8 Å². The van der Waals surface area contributed by atoms with Gasteiger partial charge in [-0.1, -0.05) is 26.8 Å². The van der Waals surface area contributed by atoms with Crippen LogP contribution in [0.3, 0.4) is 0 Å². The van der Waals surface area contributed by atoms with Crippen molar-refractivity contribution in [1.82, 2.24) is 9.55 Å². The first-order valence-corrected chi connectivity index (χ1v) is 6.24. The van der Waals surface area contributed by atoms with Crippen LogP contribution in [-0.4, -0.2) is 15.3 Å². The number of fused-ring (bicyclic) bond motifs is 1. The molecule has 0 N–H and O–H groups in total. The lowest BCUT2D eigenvalue weighted by molar-refractivity contribution is -0.116. The van der Waals surface area contributed by atoms with Crippen molar-refractivity contribution in [1.29, 1.82) is 0 Å². The molecule has 0 radical (unpaired) electrons. The standard InChI is InChI=1S/C15H20N2O/c1-10(18)8-11-6-7-12-13(9-11)17(5)14(16-12)15(2,3)4/h6-7,9H,8H2,1-5H3. The van der Waals surface area contributed by atoms with Crippen LogP contribution in [0.15, 0.2) is 18.2 Å². The van der Waals surface area contributed by atoms with Gasteiger partial charge in [-0.25, -0.2) is 4.98 Å². The van der Waals surface area contributed by atoms with Gasteiger partial charge in [0.2, 0.25) is 0 Å². The van der Waals surface area contributed by atoms with Crippen molar-refractivity contribution in [3.8, 4) is 0 Å². The predicted octanol–water partition coefficient (Wildman–Crippen LogP) is 3.00. The molecule has 1 heterocycles. The number of benzene rings is 1. The van der Waals surface area contributed by atoms with Crippen LogP contribution in [0.1, 0.15) is 39.1 Å². The third-order valence-corrected chi connectivity index (χ3v) is 3.07. The summed E-state index contributed by atoms with van der Waals surface area (Å²) in [6, 6.07) is 6.06. The zero-order valence-corrected chi connectivity index (χ0v) is 11.7. The van der Waals surface area contributed by atoms with E-state index in [1.807, 2.05) is 19.2 Å². The van der Waals surface area contributed by atoms with Crippen LogP contribution in [-0.2, 0) is 23.7 Å². The van der Waals surface area contributed by atoms with Gasteiger partial charge in [0.25, 0.3) is 0 Å². The smallest absolute Gasteiger partial charge is 0.134 e. The van der Waals surface area contributed by atoms with Crippen LogP contribution in [0, 0.1) is 0 Å². The summed E-state index contributed by atoms with van der Waals surface area (Å²) in [5.74, 6) is 1.25. The molecule has 0 saturated carbocycles. The van der Waals surface area contributed by atoms with Crippen LogP contribution in [0.25, 0.3) is 11.0 Å². The van der Waals surface area contributed by atoms with Gasteiger partial charge in [-0.05, 0) is 24.6 Å². The molecule has 0 aliphatic carbocycles. The third kappa shape index (κ3) is 2.30. The van der Waals surface area contributed by atoms with E-state index in [0.717, 1.165) is 22.4 Å². The maximum Gasteiger partial charge on any atom is 0.134 e. The molecule has 0 amide bonds. The monoisotopic (exact) mass is 244 g/mol. The molecule has 3 heteroatoms. The van der Waals surface area contributed by atoms with E-state index in [1.165, 1.54) is 0 Å². The molecule has 0 aliphatic rings. The van der Waals surface area contributed by atoms with E-state index >= 15 is 0 Å². The number of Topliss-reactive ketones (excluding diaryl/α,β-unsaturated/α-hetero) is 1. The second-order valence-corrected chi connectivity index (χ2v) is 5.95. The van der Waals surface area contributed by atoms with E-state index in [-0.39, 0.29) is 11.2 Å². The molecule has 3 nitrogen and oxygen atoms in total. The van der Waals surface area contributed by atoms with E-state index in [2.05, 4.69) is 36.4 Å². The van der Waals surface area contributed by atoms with Gasteiger partial charge in [0, 0.05) is 18.9 Å². The van der Waals surface area contributed by atoms with Gasteiger partial charge < -0.3 is 4.57 Å². The Bertz CT molecular complexity index is 603. The number of carbonyl (C=O) groups is 1. The average molecular weight is 244 g/mol. The number of nitrogens with zero attached hydrogens (tertiary/aromatic N) is 2. The maximum absolute atomic E-state index is 11.2. The van der Waals surface area contributed by atoms with Crippen LogP contribution in [0.4, 0.5) is 0 Å². The van der Waals surface area contributed by atoms with E-state index in [9.17, 15) is 4.79 Å². The molecule has 0 bridgehead atoms. The Morgan fingerprint density at radius 2 is 2.00 bits per heavy atom. The van der Waals surface area contributed by atoms with E-state index < -0.39 is 0 Å². The first-order chi connectivity index (χ1) is 8.29. The second-order valence-electron chi connectivity index (χ2n) is 5.95. The van der Waals surface area contributed by atoms with Gasteiger partial charge in [0.1, 0.15) is 11.6 Å². The lowest BCUT2D eigenvalue weighted by Crippen LogP contribution is -2.17. The van der Waals surface area contributed by atoms with Crippen molar-refractivity contribution in [2.75, 3.05) is 0 Å². The van der Waals surface area contributed by atoms with E-state index in [4.69, 9.17) is 0 Å². The highest BCUT2D eigenvalue weighted by atomic mass is 16.1. The van der Waals surface area contributed by atoms with E-state index in [1.54, 1.807) is 6.92 Å². The number of hydrogen-bond donors (Lipinski definition) is 0. The van der Waals surface area contributed by atoms with Gasteiger partial charge in [-0.15, -0.1) is 0 Å². The molecule has 1 aromatic carbocycles. The Morgan fingerprint density at radius 3 is 2.56 bits per heavy atom. The summed E-state index contributed by atoms with van der Waals surface area (Å²) >= 11 is 0. The lowest BCUT2D eigenvalue weighted by atomic mass is 9.96. The van der Waals surface area contributed by atoms with E-state index in [0.29, 0.717) is 6.42 Å². The topological polar surface area (TPSA) is 34.9 Å². The van der Waals surface area contributed by atoms with Crippen molar-refractivity contribution < 1.29 is 4.79 Å². The summed E-state index contributed by atoms with van der Waals surface area (Å²) in [4.78, 5) is 15.9. The summed E-state index contributed by atoms with van der Waals surface area (Å²) in [5.41, 5.74) is 3.17. The first-order valence-electron chi connectivity index (χ1n) is 6.24. The van der Waals surface area contributed by atoms with Crippen LogP contribution >= 0.6 is 0 Å². The Hall–Kier alpha value is -1.64. The number of imidazole rings is 1. The summed E-state index contributed by atoms with van der Waals surface area (Å²) in [5, 5.41) is 0.